The quantitative estimate of drug-likeness (QED) is 0.321. The number of thiocarbonyl (C=S) groups is 1. The van der Waals surface area contributed by atoms with E-state index in [1.807, 2.05) is 13.8 Å². The fraction of sp³-hybridized carbons (Fsp3) is 0.545. The van der Waals surface area contributed by atoms with E-state index in [1.165, 1.54) is 11.8 Å². The number of nitriles is 1. The summed E-state index contributed by atoms with van der Waals surface area (Å²) in [4.78, 5) is 30.3. The maximum absolute atomic E-state index is 13.1. The summed E-state index contributed by atoms with van der Waals surface area (Å²) >= 11 is 6.70. The van der Waals surface area contributed by atoms with E-state index in [0.717, 1.165) is 5.82 Å². The van der Waals surface area contributed by atoms with Gasteiger partial charge in [0, 0.05) is 45.0 Å². The first-order valence-electron chi connectivity index (χ1n) is 10.8. The van der Waals surface area contributed by atoms with Crippen molar-refractivity contribution in [3.05, 3.63) is 31.9 Å². The number of rotatable bonds is 8. The molecule has 0 aromatic carbocycles. The van der Waals surface area contributed by atoms with Gasteiger partial charge in [0.15, 0.2) is 0 Å². The Bertz CT molecular complexity index is 1020. The minimum absolute atomic E-state index is 0.0994. The number of morpholine rings is 1. The Morgan fingerprint density at radius 3 is 2.62 bits per heavy atom. The van der Waals surface area contributed by atoms with Crippen molar-refractivity contribution < 1.29 is 14.3 Å². The molecular formula is C22H28N4O4S2. The summed E-state index contributed by atoms with van der Waals surface area (Å²) in [6.07, 6.45) is 2.49. The highest BCUT2D eigenvalue weighted by Crippen LogP contribution is 2.36. The van der Waals surface area contributed by atoms with Crippen LogP contribution in [-0.4, -0.2) is 65.8 Å². The molecule has 10 heteroatoms. The number of aromatic nitrogens is 1. The lowest BCUT2D eigenvalue weighted by Gasteiger charge is -2.33. The maximum Gasteiger partial charge on any atom is 0.270 e. The Morgan fingerprint density at radius 1 is 1.28 bits per heavy atom. The fourth-order valence-corrected chi connectivity index (χ4v) is 5.14. The zero-order chi connectivity index (χ0) is 23.3. The van der Waals surface area contributed by atoms with E-state index in [1.54, 1.807) is 22.5 Å². The van der Waals surface area contributed by atoms with Gasteiger partial charge in [-0.05, 0) is 38.8 Å². The minimum Gasteiger partial charge on any atom is -0.382 e. The number of pyridine rings is 1. The van der Waals surface area contributed by atoms with E-state index in [2.05, 4.69) is 11.0 Å². The first-order chi connectivity index (χ1) is 15.4. The average molecular weight is 477 g/mol. The number of ether oxygens (including phenoxy) is 2. The smallest absolute Gasteiger partial charge is 0.270 e. The molecule has 2 aliphatic heterocycles. The second-order valence-electron chi connectivity index (χ2n) is 7.38. The lowest BCUT2D eigenvalue weighted by Crippen LogP contribution is -2.41. The average Bonchev–Trinajstić information content (AvgIpc) is 3.06. The van der Waals surface area contributed by atoms with Crippen molar-refractivity contribution in [2.75, 3.05) is 51.0 Å². The summed E-state index contributed by atoms with van der Waals surface area (Å²) < 4.78 is 13.0. The zero-order valence-corrected chi connectivity index (χ0v) is 20.3. The molecule has 0 radical (unpaired) electrons. The first-order valence-corrected chi connectivity index (χ1v) is 12.0. The van der Waals surface area contributed by atoms with Gasteiger partial charge in [-0.15, -0.1) is 0 Å². The largest absolute Gasteiger partial charge is 0.382 e. The third-order valence-electron chi connectivity index (χ3n) is 5.50. The Kier molecular flexibility index (Phi) is 8.48. The summed E-state index contributed by atoms with van der Waals surface area (Å²) in [6.45, 7) is 10.1. The molecule has 8 nitrogen and oxygen atoms in total. The standard InChI is InChI=1S/C22H28N4O4S2/c1-4-25-19(24-8-11-30-12-9-24)16(15(3)17(14-23)20(25)27)13-18-21(28)26(22(31)32-18)7-6-10-29-5-2/h13H,4-12H2,1-3H3. The zero-order valence-electron chi connectivity index (χ0n) is 18.7. The number of anilines is 1. The van der Waals surface area contributed by atoms with E-state index in [0.29, 0.717) is 79.4 Å². The van der Waals surface area contributed by atoms with Crippen LogP contribution >= 0.6 is 24.0 Å². The van der Waals surface area contributed by atoms with Crippen molar-refractivity contribution in [3.63, 3.8) is 0 Å². The molecule has 172 valence electrons. The molecule has 1 aromatic rings. The monoisotopic (exact) mass is 476 g/mol. The van der Waals surface area contributed by atoms with Gasteiger partial charge in [-0.1, -0.05) is 24.0 Å². The number of amides is 1. The maximum atomic E-state index is 13.1. The molecular weight excluding hydrogens is 448 g/mol. The number of carbonyl (C=O) groups is 1. The van der Waals surface area contributed by atoms with Gasteiger partial charge in [-0.3, -0.25) is 19.1 Å². The molecule has 2 saturated heterocycles. The molecule has 1 amide bonds. The van der Waals surface area contributed by atoms with E-state index in [9.17, 15) is 14.9 Å². The highest BCUT2D eigenvalue weighted by Gasteiger charge is 2.33. The van der Waals surface area contributed by atoms with E-state index in [-0.39, 0.29) is 17.0 Å². The van der Waals surface area contributed by atoms with Crippen LogP contribution in [-0.2, 0) is 20.8 Å². The van der Waals surface area contributed by atoms with Crippen LogP contribution in [0.25, 0.3) is 6.08 Å². The highest BCUT2D eigenvalue weighted by molar-refractivity contribution is 8.26. The second kappa shape index (κ2) is 11.1. The molecule has 3 heterocycles. The predicted molar refractivity (Wildman–Crippen MR) is 130 cm³/mol. The van der Waals surface area contributed by atoms with Gasteiger partial charge < -0.3 is 14.4 Å². The predicted octanol–water partition coefficient (Wildman–Crippen LogP) is 2.51. The first kappa shape index (κ1) is 24.5. The Labute approximate surface area is 197 Å². The van der Waals surface area contributed by atoms with Gasteiger partial charge in [0.2, 0.25) is 0 Å². The number of carbonyl (C=O) groups excluding carboxylic acids is 1. The molecule has 0 aliphatic carbocycles. The molecule has 0 spiro atoms. The third kappa shape index (κ3) is 4.91. The topological polar surface area (TPSA) is 87.8 Å². The Hall–Kier alpha value is -2.19. The summed E-state index contributed by atoms with van der Waals surface area (Å²) in [7, 11) is 0. The molecule has 0 N–H and O–H groups in total. The summed E-state index contributed by atoms with van der Waals surface area (Å²) in [5.41, 5.74) is 1.07. The highest BCUT2D eigenvalue weighted by atomic mass is 32.2. The van der Waals surface area contributed by atoms with E-state index in [4.69, 9.17) is 21.7 Å². The van der Waals surface area contributed by atoms with Crippen LogP contribution in [0.15, 0.2) is 9.70 Å². The molecule has 0 bridgehead atoms. The van der Waals surface area contributed by atoms with Gasteiger partial charge in [0.05, 0.1) is 18.1 Å². The number of hydrogen-bond donors (Lipinski definition) is 0. The second-order valence-corrected chi connectivity index (χ2v) is 9.06. The van der Waals surface area contributed by atoms with Crippen molar-refractivity contribution in [2.24, 2.45) is 0 Å². The third-order valence-corrected chi connectivity index (χ3v) is 6.87. The van der Waals surface area contributed by atoms with Crippen molar-refractivity contribution in [1.29, 1.82) is 5.26 Å². The molecule has 2 fully saturated rings. The van der Waals surface area contributed by atoms with Gasteiger partial charge >= 0.3 is 0 Å². The van der Waals surface area contributed by atoms with Gasteiger partial charge in [0.1, 0.15) is 21.8 Å². The van der Waals surface area contributed by atoms with Crippen LogP contribution in [0.5, 0.6) is 0 Å². The van der Waals surface area contributed by atoms with Gasteiger partial charge in [0.25, 0.3) is 11.5 Å². The lowest BCUT2D eigenvalue weighted by atomic mass is 10.0. The molecule has 1 aromatic heterocycles. The minimum atomic E-state index is -0.311. The van der Waals surface area contributed by atoms with Crippen molar-refractivity contribution in [1.82, 2.24) is 9.47 Å². The van der Waals surface area contributed by atoms with Gasteiger partial charge in [-0.2, -0.15) is 5.26 Å². The van der Waals surface area contributed by atoms with E-state index >= 15 is 0 Å². The van der Waals surface area contributed by atoms with Crippen LogP contribution < -0.4 is 10.5 Å². The molecule has 3 rings (SSSR count). The Balaban J connectivity index is 2.06. The van der Waals surface area contributed by atoms with Gasteiger partial charge in [-0.25, -0.2) is 0 Å². The van der Waals surface area contributed by atoms with Crippen molar-refractivity contribution in [2.45, 2.75) is 33.7 Å². The Morgan fingerprint density at radius 2 is 2.00 bits per heavy atom. The van der Waals surface area contributed by atoms with Crippen LogP contribution in [0.3, 0.4) is 0 Å². The molecule has 0 saturated carbocycles. The van der Waals surface area contributed by atoms with Crippen molar-refractivity contribution >= 4 is 46.1 Å². The van der Waals surface area contributed by atoms with E-state index < -0.39 is 0 Å². The summed E-state index contributed by atoms with van der Waals surface area (Å²) in [5, 5.41) is 9.65. The number of nitrogens with zero attached hydrogens (tertiary/aromatic N) is 4. The molecule has 0 unspecified atom stereocenters. The number of thioether (sulfide) groups is 1. The fourth-order valence-electron chi connectivity index (χ4n) is 3.85. The molecule has 32 heavy (non-hydrogen) atoms. The summed E-state index contributed by atoms with van der Waals surface area (Å²) in [5.74, 6) is 0.565. The molecule has 2 aliphatic rings. The van der Waals surface area contributed by atoms with Crippen molar-refractivity contribution in [3.8, 4) is 6.07 Å². The van der Waals surface area contributed by atoms with Crippen LogP contribution in [0.4, 0.5) is 5.82 Å². The van der Waals surface area contributed by atoms with Crippen LogP contribution in [0.1, 0.15) is 37.0 Å². The lowest BCUT2D eigenvalue weighted by molar-refractivity contribution is -0.122. The normalized spacial score (nSPS) is 18.0. The SMILES string of the molecule is CCOCCCN1C(=O)C(=Cc2c(C)c(C#N)c(=O)n(CC)c2N2CCOCC2)SC1=S. The van der Waals surface area contributed by atoms with Crippen LogP contribution in [0, 0.1) is 18.3 Å². The number of hydrogen-bond acceptors (Lipinski definition) is 8. The summed E-state index contributed by atoms with van der Waals surface area (Å²) in [6, 6.07) is 2.05. The van der Waals surface area contributed by atoms with Crippen LogP contribution in [0.2, 0.25) is 0 Å². The molecule has 0 atom stereocenters.